The molecule has 5 fully saturated rings. The SMILES string of the molecule is C1COCCSCCOCCOCCSCCO1.C1CSCCOCCSCCO1.C1CSCCSCCNCCSCCSCCN1.C1CSCN1.NC1CSCCCSCC(N)CSCCCSC1.Nc1ccc(SCCSc2ccc(N)cc2)cc1.c1cc[n+](CCSCCSCC[n+]2ccccc2)cc1. The minimum Gasteiger partial charge on any atom is -0.399 e. The molecule has 0 amide bonds. The van der Waals surface area contributed by atoms with Crippen molar-refractivity contribution >= 4 is 211 Å². The second kappa shape index (κ2) is 86.2. The van der Waals surface area contributed by atoms with Gasteiger partial charge in [-0.05, 0) is 84.4 Å². The minimum atomic E-state index is 0.377. The van der Waals surface area contributed by atoms with Crippen molar-refractivity contribution in [1.82, 2.24) is 16.0 Å². The van der Waals surface area contributed by atoms with Crippen LogP contribution in [0.1, 0.15) is 12.8 Å². The molecule has 32 heteroatoms. The largest absolute Gasteiger partial charge is 0.399 e. The predicted molar refractivity (Wildman–Crippen MR) is 520 cm³/mol. The number of hydrogen-bond donors (Lipinski definition) is 7. The van der Waals surface area contributed by atoms with Gasteiger partial charge in [-0.2, -0.15) is 165 Å². The van der Waals surface area contributed by atoms with Gasteiger partial charge in [0.25, 0.3) is 0 Å². The molecule has 9 rings (SSSR count). The minimum absolute atomic E-state index is 0.377. The summed E-state index contributed by atoms with van der Waals surface area (Å²) in [4.78, 5) is 2.53. The lowest BCUT2D eigenvalue weighted by molar-refractivity contribution is -0.692. The number of ether oxygens (including phenoxy) is 6. The van der Waals surface area contributed by atoms with Crippen molar-refractivity contribution in [1.29, 1.82) is 0 Å². The van der Waals surface area contributed by atoms with Crippen LogP contribution in [-0.2, 0) is 41.5 Å². The highest BCUT2D eigenvalue weighted by molar-refractivity contribution is 8.05. The first-order valence-corrected chi connectivity index (χ1v) is 57.9. The van der Waals surface area contributed by atoms with Gasteiger partial charge in [0, 0.05) is 240 Å². The van der Waals surface area contributed by atoms with E-state index in [0.717, 1.165) is 158 Å². The van der Waals surface area contributed by atoms with E-state index >= 15 is 0 Å². The van der Waals surface area contributed by atoms with Crippen LogP contribution in [0.5, 0.6) is 0 Å². The number of benzene rings is 2. The van der Waals surface area contributed by atoms with Gasteiger partial charge in [-0.1, -0.05) is 12.1 Å². The summed E-state index contributed by atoms with van der Waals surface area (Å²) in [6.07, 6.45) is 11.1. The normalized spacial score (nSPS) is 20.5. The maximum Gasteiger partial charge on any atom is 0.168 e. The van der Waals surface area contributed by atoms with Gasteiger partial charge in [0.15, 0.2) is 37.9 Å². The fourth-order valence-electron chi connectivity index (χ4n) is 8.87. The Morgan fingerprint density at radius 1 is 0.303 bits per heavy atom. The highest BCUT2D eigenvalue weighted by atomic mass is 32.2. The molecule has 0 radical (unpaired) electrons. The van der Waals surface area contributed by atoms with E-state index in [2.05, 4.69) is 158 Å². The molecule has 7 heterocycles. The van der Waals surface area contributed by atoms with Crippen LogP contribution in [0.3, 0.4) is 0 Å². The molecule has 15 nitrogen and oxygen atoms in total. The first kappa shape index (κ1) is 105. The molecule has 0 spiro atoms. The average molecular weight is 1830 g/mol. The van der Waals surface area contributed by atoms with Crippen LogP contribution in [0.15, 0.2) is 120 Å². The Morgan fingerprint density at radius 3 is 0.872 bits per heavy atom. The van der Waals surface area contributed by atoms with Crippen LogP contribution >= 0.6 is 200 Å². The van der Waals surface area contributed by atoms with E-state index in [9.17, 15) is 0 Å². The maximum absolute atomic E-state index is 6.09. The molecule has 0 bridgehead atoms. The van der Waals surface area contributed by atoms with Crippen molar-refractivity contribution in [2.75, 3.05) is 308 Å². The fourth-order valence-corrected chi connectivity index (χ4v) is 24.4. The van der Waals surface area contributed by atoms with Crippen LogP contribution < -0.4 is 48.0 Å². The molecule has 0 atom stereocenters. The quantitative estimate of drug-likeness (QED) is 0.0271. The third kappa shape index (κ3) is 77.0. The number of rotatable bonds is 14. The van der Waals surface area contributed by atoms with Crippen LogP contribution in [-0.4, -0.2) is 308 Å². The molecule has 109 heavy (non-hydrogen) atoms. The van der Waals surface area contributed by atoms with Crippen molar-refractivity contribution in [3.05, 3.63) is 110 Å². The highest BCUT2D eigenvalue weighted by Gasteiger charge is 2.09. The number of thioether (sulfide) groups is 17. The van der Waals surface area contributed by atoms with E-state index in [-0.39, 0.29) is 0 Å². The lowest BCUT2D eigenvalue weighted by Crippen LogP contribution is -2.33. The zero-order chi connectivity index (χ0) is 77.2. The molecule has 0 aliphatic carbocycles. The van der Waals surface area contributed by atoms with E-state index < -0.39 is 0 Å². The number of nitrogens with zero attached hydrogens (tertiary/aromatic N) is 2. The van der Waals surface area contributed by atoms with Crippen molar-refractivity contribution in [3.8, 4) is 0 Å². The number of aryl methyl sites for hydroxylation is 2. The summed E-state index contributed by atoms with van der Waals surface area (Å²) in [5.74, 6) is 37.8. The van der Waals surface area contributed by atoms with Gasteiger partial charge < -0.3 is 67.3 Å². The number of aromatic nitrogens is 2. The molecular weight excluding hydrogens is 1690 g/mol. The average Bonchev–Trinajstić information content (AvgIpc) is 0.999. The summed E-state index contributed by atoms with van der Waals surface area (Å²) in [5, 5.41) is 10.2. The lowest BCUT2D eigenvalue weighted by atomic mass is 10.3. The fraction of sp³-hybridized carbons (Fsp3) is 0.714. The topological polar surface area (TPSA) is 203 Å². The van der Waals surface area contributed by atoms with Gasteiger partial charge in [0.1, 0.15) is 0 Å². The monoisotopic (exact) mass is 1830 g/mol. The summed E-state index contributed by atoms with van der Waals surface area (Å²) < 4.78 is 37.2. The number of hydrogen-bond acceptors (Lipinski definition) is 30. The predicted octanol–water partition coefficient (Wildman–Crippen LogP) is 14.0. The molecule has 5 aliphatic heterocycles. The first-order valence-electron chi connectivity index (χ1n) is 38.6. The first-order chi connectivity index (χ1) is 54.0. The molecule has 0 saturated carbocycles. The Balaban J connectivity index is 0.000000336. The Morgan fingerprint density at radius 2 is 0.587 bits per heavy atom. The van der Waals surface area contributed by atoms with Gasteiger partial charge in [-0.3, -0.25) is 0 Å². The molecule has 5 saturated heterocycles. The van der Waals surface area contributed by atoms with Crippen molar-refractivity contribution in [2.24, 2.45) is 11.5 Å². The molecule has 626 valence electrons. The molecule has 2 aromatic heterocycles. The van der Waals surface area contributed by atoms with Crippen LogP contribution in [0.2, 0.25) is 0 Å². The number of nitrogen functional groups attached to an aromatic ring is 2. The number of pyridine rings is 2. The lowest BCUT2D eigenvalue weighted by Gasteiger charge is -2.13. The summed E-state index contributed by atoms with van der Waals surface area (Å²) in [5.41, 5.74) is 25.1. The summed E-state index contributed by atoms with van der Waals surface area (Å²) >= 11 is 33.7. The molecule has 0 unspecified atom stereocenters. The number of nitrogens with two attached hydrogens (primary N) is 4. The van der Waals surface area contributed by atoms with Gasteiger partial charge in [-0.15, -0.1) is 35.3 Å². The van der Waals surface area contributed by atoms with Crippen LogP contribution in [0.4, 0.5) is 11.4 Å². The van der Waals surface area contributed by atoms with E-state index in [0.29, 0.717) is 38.5 Å². The molecule has 5 aliphatic rings. The smallest absolute Gasteiger partial charge is 0.168 e. The van der Waals surface area contributed by atoms with Crippen LogP contribution in [0.25, 0.3) is 0 Å². The van der Waals surface area contributed by atoms with Crippen molar-refractivity contribution in [3.63, 3.8) is 0 Å². The molecule has 2 aromatic carbocycles. The molecule has 11 N–H and O–H groups in total. The highest BCUT2D eigenvalue weighted by Crippen LogP contribution is 2.25. The third-order valence-corrected chi connectivity index (χ3v) is 33.0. The van der Waals surface area contributed by atoms with Gasteiger partial charge >= 0.3 is 0 Å². The Hall–Kier alpha value is 1.85. The Kier molecular flexibility index (Phi) is 83.1. The van der Waals surface area contributed by atoms with Gasteiger partial charge in [0.2, 0.25) is 0 Å². The number of nitrogens with one attached hydrogen (secondary N) is 3. The number of anilines is 2. The standard InChI is InChI=1S/C16H22N2S2.C14H16N2S2.2C12H26N2S4.C12H24O4S2.C8H16O2S2.C3H7NS/c1-3-7-17(8-4-1)11-13-19-15-16-20-14-12-18-9-5-2-6-10-18;15-11-1-5-13(6-2-11)17-9-10-18-14-7-3-12(16)4-8-14;1-5-15-9-10-17-7-3-14-4-8-18-12-11-16-6-2-13-1;13-11-7-15-3-1-4-16-8-12(14)10-18-6-2-5-17-9-11;1-2-14-6-10-18-12-8-16-4-3-15-7-11-17-9-5-13-1;1-5-11-7-3-10-4-8-12-6-2-9-1;1-2-5-3-4-1/h1-10H,11-16H2;1-8H,9-10,15-16H2;13-14H,1-12H2;11-12H,1-10,13-14H2;1-12H2;1-8H2;4H,1-3H2/q+2;;;;;;. The second-order valence-corrected chi connectivity index (χ2v) is 44.2. The van der Waals surface area contributed by atoms with Crippen molar-refractivity contribution in [2.45, 2.75) is 47.8 Å². The van der Waals surface area contributed by atoms with E-state index in [1.165, 1.54) is 159 Å². The molecule has 4 aromatic rings. The van der Waals surface area contributed by atoms with Crippen LogP contribution in [0, 0.1) is 0 Å². The second-order valence-electron chi connectivity index (χ2n) is 23.9. The third-order valence-electron chi connectivity index (χ3n) is 14.6. The zero-order valence-corrected chi connectivity index (χ0v) is 79.0. The zero-order valence-electron chi connectivity index (χ0n) is 65.1. The molecular formula is C77H137N9O6S17+2. The summed E-state index contributed by atoms with van der Waals surface area (Å²) in [6, 6.07) is 29.2. The Bertz CT molecular complexity index is 2100. The summed E-state index contributed by atoms with van der Waals surface area (Å²) in [7, 11) is 0. The van der Waals surface area contributed by atoms with Gasteiger partial charge in [-0.25, -0.2) is 9.13 Å². The Labute approximate surface area is 733 Å². The summed E-state index contributed by atoms with van der Waals surface area (Å²) in [6.45, 7) is 17.7. The van der Waals surface area contributed by atoms with Gasteiger partial charge in [0.05, 0.1) is 90.8 Å². The van der Waals surface area contributed by atoms with E-state index in [1.807, 2.05) is 177 Å². The van der Waals surface area contributed by atoms with E-state index in [1.54, 1.807) is 0 Å². The maximum atomic E-state index is 6.09. The van der Waals surface area contributed by atoms with Crippen molar-refractivity contribution < 1.29 is 37.6 Å². The van der Waals surface area contributed by atoms with E-state index in [4.69, 9.17) is 51.4 Å².